The third kappa shape index (κ3) is 6.36. The van der Waals surface area contributed by atoms with E-state index < -0.39 is 11.1 Å². The number of ether oxygens (including phenoxy) is 1. The molecule has 10 heteroatoms. The van der Waals surface area contributed by atoms with Crippen LogP contribution in [0.4, 0.5) is 10.5 Å². The monoisotopic (exact) mass is 571 g/mol. The molecule has 2 fully saturated rings. The number of nitrogens with one attached hydrogen (secondary N) is 1. The van der Waals surface area contributed by atoms with E-state index in [1.165, 1.54) is 0 Å². The molecular weight excluding hydrogens is 546 g/mol. The Kier molecular flexibility index (Phi) is 8.48. The predicted molar refractivity (Wildman–Crippen MR) is 143 cm³/mol. The van der Waals surface area contributed by atoms with Gasteiger partial charge in [-0.15, -0.1) is 0 Å². The molecule has 2 saturated heterocycles. The number of likely N-dealkylation sites (tertiary alicyclic amines) is 1. The van der Waals surface area contributed by atoms with Crippen LogP contribution in [0.1, 0.15) is 30.4 Å². The zero-order valence-electron chi connectivity index (χ0n) is 19.8. The van der Waals surface area contributed by atoms with Crippen LogP contribution in [0, 0.1) is 6.92 Å². The van der Waals surface area contributed by atoms with Gasteiger partial charge in [0, 0.05) is 18.8 Å². The van der Waals surface area contributed by atoms with Crippen molar-refractivity contribution in [1.82, 2.24) is 9.80 Å². The second kappa shape index (κ2) is 11.7. The van der Waals surface area contributed by atoms with Crippen LogP contribution < -0.4 is 10.1 Å². The summed E-state index contributed by atoms with van der Waals surface area (Å²) >= 11 is 4.26. The van der Waals surface area contributed by atoms with Crippen LogP contribution >= 0.6 is 27.7 Å². The first-order chi connectivity index (χ1) is 17.3. The third-order valence-electron chi connectivity index (χ3n) is 5.91. The molecule has 4 amide bonds. The molecule has 4 rings (SSSR count). The fourth-order valence-corrected chi connectivity index (χ4v) is 5.28. The van der Waals surface area contributed by atoms with Crippen LogP contribution in [0.2, 0.25) is 0 Å². The average Bonchev–Trinajstić information content (AvgIpc) is 3.12. The Balaban J connectivity index is 1.35. The van der Waals surface area contributed by atoms with Crippen LogP contribution in [0.25, 0.3) is 6.08 Å². The van der Waals surface area contributed by atoms with Crippen LogP contribution in [0.15, 0.2) is 51.8 Å². The lowest BCUT2D eigenvalue weighted by molar-refractivity contribution is -0.136. The molecule has 0 unspecified atom stereocenters. The second-order valence-corrected chi connectivity index (χ2v) is 10.4. The first-order valence-corrected chi connectivity index (χ1v) is 13.2. The van der Waals surface area contributed by atoms with E-state index in [9.17, 15) is 19.2 Å². The molecule has 0 aromatic heterocycles. The number of para-hydroxylation sites is 1. The highest BCUT2D eigenvalue weighted by atomic mass is 79.9. The number of halogens is 1. The first kappa shape index (κ1) is 26.0. The Labute approximate surface area is 222 Å². The van der Waals surface area contributed by atoms with Gasteiger partial charge in [0.25, 0.3) is 17.1 Å². The van der Waals surface area contributed by atoms with Gasteiger partial charge in [-0.1, -0.05) is 24.3 Å². The molecule has 0 saturated carbocycles. The van der Waals surface area contributed by atoms with Gasteiger partial charge in [0.2, 0.25) is 5.91 Å². The van der Waals surface area contributed by atoms with Crippen molar-refractivity contribution in [3.63, 3.8) is 0 Å². The van der Waals surface area contributed by atoms with Crippen molar-refractivity contribution < 1.29 is 23.9 Å². The maximum Gasteiger partial charge on any atom is 0.294 e. The van der Waals surface area contributed by atoms with Gasteiger partial charge in [-0.2, -0.15) is 0 Å². The molecule has 8 nitrogen and oxygen atoms in total. The van der Waals surface area contributed by atoms with E-state index in [0.717, 1.165) is 47.2 Å². The Morgan fingerprint density at radius 3 is 2.58 bits per heavy atom. The molecule has 0 atom stereocenters. The largest absolute Gasteiger partial charge is 0.483 e. The maximum absolute atomic E-state index is 12.8. The summed E-state index contributed by atoms with van der Waals surface area (Å²) in [6.07, 6.45) is 4.59. The van der Waals surface area contributed by atoms with Crippen molar-refractivity contribution >= 4 is 62.4 Å². The second-order valence-electron chi connectivity index (χ2n) is 8.55. The van der Waals surface area contributed by atoms with Gasteiger partial charge in [-0.05, 0) is 89.3 Å². The summed E-state index contributed by atoms with van der Waals surface area (Å²) in [6.45, 7) is 2.84. The number of thioether (sulfide) groups is 1. The Bertz CT molecular complexity index is 1230. The number of imide groups is 1. The molecule has 2 aliphatic heterocycles. The van der Waals surface area contributed by atoms with Crippen molar-refractivity contribution in [3.05, 3.63) is 63.0 Å². The van der Waals surface area contributed by atoms with E-state index in [2.05, 4.69) is 21.2 Å². The van der Waals surface area contributed by atoms with Crippen molar-refractivity contribution in [2.45, 2.75) is 26.2 Å². The number of carbonyl (C=O) groups excluding carboxylic acids is 4. The van der Waals surface area contributed by atoms with Crippen LogP contribution in [-0.2, 0) is 14.4 Å². The van der Waals surface area contributed by atoms with E-state index in [1.54, 1.807) is 29.2 Å². The van der Waals surface area contributed by atoms with E-state index >= 15 is 0 Å². The lowest BCUT2D eigenvalue weighted by Crippen LogP contribution is -2.44. The number of anilines is 1. The number of benzene rings is 2. The molecular formula is C26H26BrN3O5S. The summed E-state index contributed by atoms with van der Waals surface area (Å²) < 4.78 is 6.23. The predicted octanol–water partition coefficient (Wildman–Crippen LogP) is 4.82. The van der Waals surface area contributed by atoms with Gasteiger partial charge in [0.05, 0.1) is 9.38 Å². The number of amides is 4. The van der Waals surface area contributed by atoms with Crippen molar-refractivity contribution in [2.75, 3.05) is 31.6 Å². The molecule has 36 heavy (non-hydrogen) atoms. The van der Waals surface area contributed by atoms with E-state index in [1.807, 2.05) is 31.2 Å². The summed E-state index contributed by atoms with van der Waals surface area (Å²) in [6, 6.07) is 12.6. The van der Waals surface area contributed by atoms with E-state index in [4.69, 9.17) is 4.74 Å². The molecule has 2 heterocycles. The number of hydrogen-bond donors (Lipinski definition) is 1. The lowest BCUT2D eigenvalue weighted by atomic mass is 10.1. The van der Waals surface area contributed by atoms with Gasteiger partial charge < -0.3 is 15.0 Å². The van der Waals surface area contributed by atoms with E-state index in [0.29, 0.717) is 28.9 Å². The summed E-state index contributed by atoms with van der Waals surface area (Å²) in [7, 11) is 0. The van der Waals surface area contributed by atoms with Gasteiger partial charge >= 0.3 is 0 Å². The molecule has 2 aromatic carbocycles. The number of piperidine rings is 1. The normalized spacial score (nSPS) is 17.0. The van der Waals surface area contributed by atoms with Crippen LogP contribution in [0.5, 0.6) is 5.75 Å². The quantitative estimate of drug-likeness (QED) is 0.478. The highest BCUT2D eigenvalue weighted by Gasteiger charge is 2.37. The molecule has 0 bridgehead atoms. The minimum atomic E-state index is -0.473. The molecule has 2 aliphatic rings. The maximum atomic E-state index is 12.8. The SMILES string of the molecule is Cc1ccccc1NC(=O)COc1ccc(/C=C2\SC(=O)N(CC(=O)N3CCCCC3)C2=O)cc1Br. The number of carbonyl (C=O) groups is 4. The molecule has 0 aliphatic carbocycles. The summed E-state index contributed by atoms with van der Waals surface area (Å²) in [5.74, 6) is -0.492. The number of hydrogen-bond acceptors (Lipinski definition) is 6. The summed E-state index contributed by atoms with van der Waals surface area (Å²) in [4.78, 5) is 53.0. The third-order valence-corrected chi connectivity index (χ3v) is 7.43. The summed E-state index contributed by atoms with van der Waals surface area (Å²) in [5.41, 5.74) is 2.36. The van der Waals surface area contributed by atoms with Crippen LogP contribution in [-0.4, -0.2) is 59.0 Å². The highest BCUT2D eigenvalue weighted by molar-refractivity contribution is 9.10. The molecule has 1 N–H and O–H groups in total. The molecule has 2 aromatic rings. The lowest BCUT2D eigenvalue weighted by Gasteiger charge is -2.27. The standard InChI is InChI=1S/C26H26BrN3O5S/c1-17-7-3-4-8-20(17)28-23(31)16-35-21-10-9-18(13-19(21)27)14-22-25(33)30(26(34)36-22)15-24(32)29-11-5-2-6-12-29/h3-4,7-10,13-14H,2,5-6,11-12,15-16H2,1H3,(H,28,31)/b22-14-. The average molecular weight is 572 g/mol. The molecule has 0 radical (unpaired) electrons. The minimum absolute atomic E-state index is 0.170. The highest BCUT2D eigenvalue weighted by Crippen LogP contribution is 2.34. The Morgan fingerprint density at radius 2 is 1.86 bits per heavy atom. The van der Waals surface area contributed by atoms with Gasteiger partial charge in [-0.3, -0.25) is 24.1 Å². The van der Waals surface area contributed by atoms with Gasteiger partial charge in [0.1, 0.15) is 12.3 Å². The zero-order valence-corrected chi connectivity index (χ0v) is 22.2. The Hall–Kier alpha value is -3.11. The van der Waals surface area contributed by atoms with E-state index in [-0.39, 0.29) is 29.9 Å². The van der Waals surface area contributed by atoms with Crippen LogP contribution in [0.3, 0.4) is 0 Å². The fourth-order valence-electron chi connectivity index (χ4n) is 3.93. The van der Waals surface area contributed by atoms with Crippen molar-refractivity contribution in [1.29, 1.82) is 0 Å². The molecule has 188 valence electrons. The van der Waals surface area contributed by atoms with Crippen molar-refractivity contribution in [2.24, 2.45) is 0 Å². The molecule has 0 spiro atoms. The summed E-state index contributed by atoms with van der Waals surface area (Å²) in [5, 5.41) is 2.37. The van der Waals surface area contributed by atoms with Crippen molar-refractivity contribution in [3.8, 4) is 5.75 Å². The number of aryl methyl sites for hydroxylation is 1. The topological polar surface area (TPSA) is 96.0 Å². The minimum Gasteiger partial charge on any atom is -0.483 e. The Morgan fingerprint density at radius 1 is 1.11 bits per heavy atom. The smallest absolute Gasteiger partial charge is 0.294 e. The zero-order chi connectivity index (χ0) is 25.7. The van der Waals surface area contributed by atoms with Gasteiger partial charge in [0.15, 0.2) is 6.61 Å². The van der Waals surface area contributed by atoms with Gasteiger partial charge in [-0.25, -0.2) is 0 Å². The number of rotatable bonds is 7. The fraction of sp³-hybridized carbons (Fsp3) is 0.308. The number of nitrogens with zero attached hydrogens (tertiary/aromatic N) is 2. The first-order valence-electron chi connectivity index (χ1n) is 11.6.